The Morgan fingerprint density at radius 2 is 1.21 bits per heavy atom. The highest BCUT2D eigenvalue weighted by molar-refractivity contribution is 9.11. The second-order valence-corrected chi connectivity index (χ2v) is 10.6. The molecule has 0 saturated carbocycles. The minimum absolute atomic E-state index is 0.0902. The monoisotopic (exact) mass is 706 g/mol. The first-order valence-electron chi connectivity index (χ1n) is 12.2. The number of hydrogen-bond donors (Lipinski definition) is 0. The van der Waals surface area contributed by atoms with Crippen LogP contribution in [0.5, 0.6) is 11.5 Å². The molecule has 0 aromatic heterocycles. The normalized spacial score (nSPS) is 13.3. The topological polar surface area (TPSA) is 153 Å². The molecule has 4 aromatic rings. The highest BCUT2D eigenvalue weighted by atomic mass is 79.9. The van der Waals surface area contributed by atoms with Gasteiger partial charge in [-0.1, -0.05) is 36.4 Å². The Bertz CT molecular complexity index is 1760. The molecule has 5 rings (SSSR count). The van der Waals surface area contributed by atoms with Gasteiger partial charge in [0.05, 0.1) is 36.2 Å². The number of nitro benzene ring substituents is 2. The maximum absolute atomic E-state index is 13.6. The van der Waals surface area contributed by atoms with Gasteiger partial charge < -0.3 is 4.74 Å². The molecule has 1 aliphatic rings. The molecule has 14 heteroatoms. The maximum Gasteiger partial charge on any atom is 0.343 e. The van der Waals surface area contributed by atoms with Crippen molar-refractivity contribution >= 4 is 78.5 Å². The van der Waals surface area contributed by atoms with Gasteiger partial charge in [0.1, 0.15) is 5.57 Å². The number of urea groups is 1. The molecule has 1 saturated heterocycles. The van der Waals surface area contributed by atoms with Gasteiger partial charge in [0, 0.05) is 6.07 Å². The van der Waals surface area contributed by atoms with E-state index in [0.29, 0.717) is 5.56 Å². The fourth-order valence-electron chi connectivity index (χ4n) is 4.22. The van der Waals surface area contributed by atoms with Gasteiger partial charge in [0.25, 0.3) is 17.5 Å². The Balaban J connectivity index is 1.56. The molecule has 0 N–H and O–H groups in total. The Morgan fingerprint density at radius 1 is 0.698 bits per heavy atom. The lowest BCUT2D eigenvalue weighted by molar-refractivity contribution is -0.394. The van der Waals surface area contributed by atoms with Gasteiger partial charge in [-0.15, -0.1) is 0 Å². The SMILES string of the molecule is O=C1C(=Cc2cc(Br)c(Oc3ccc([N+](=O)[O-])cc3[N+](=O)[O-])c(Br)c2)C(=O)N(c2ccccc2)C(=O)N1c1ccccc1. The standard InChI is InChI=1S/C29H16Br2N4O8/c30-22-14-17(15-23(31)26(22)43-25-12-11-20(34(39)40)16-24(25)35(41)42)13-21-27(36)32(18-7-3-1-4-8-18)29(38)33(28(21)37)19-9-5-2-6-10-19/h1-16H. The summed E-state index contributed by atoms with van der Waals surface area (Å²) >= 11 is 6.70. The van der Waals surface area contributed by atoms with Crippen LogP contribution < -0.4 is 14.5 Å². The second-order valence-electron chi connectivity index (χ2n) is 8.87. The number of nitrogens with zero attached hydrogens (tertiary/aromatic N) is 4. The first kappa shape index (κ1) is 29.3. The van der Waals surface area contributed by atoms with Gasteiger partial charge in [0.2, 0.25) is 5.75 Å². The minimum Gasteiger partial charge on any atom is -0.448 e. The van der Waals surface area contributed by atoms with Gasteiger partial charge in [-0.2, -0.15) is 0 Å². The van der Waals surface area contributed by atoms with Crippen LogP contribution in [0.1, 0.15) is 5.56 Å². The molecule has 1 fully saturated rings. The van der Waals surface area contributed by atoms with Crippen molar-refractivity contribution < 1.29 is 29.0 Å². The average Bonchev–Trinajstić information content (AvgIpc) is 2.98. The highest BCUT2D eigenvalue weighted by Crippen LogP contribution is 2.42. The van der Waals surface area contributed by atoms with Crippen molar-refractivity contribution in [1.29, 1.82) is 0 Å². The number of para-hydroxylation sites is 2. The molecule has 12 nitrogen and oxygen atoms in total. The number of anilines is 2. The molecule has 0 radical (unpaired) electrons. The average molecular weight is 708 g/mol. The van der Waals surface area contributed by atoms with E-state index in [-0.39, 0.29) is 37.4 Å². The molecule has 0 unspecified atom stereocenters. The summed E-state index contributed by atoms with van der Waals surface area (Å²) in [5, 5.41) is 22.6. The zero-order chi connectivity index (χ0) is 30.8. The largest absolute Gasteiger partial charge is 0.448 e. The molecular formula is C29H16Br2N4O8. The van der Waals surface area contributed by atoms with E-state index in [2.05, 4.69) is 31.9 Å². The van der Waals surface area contributed by atoms with E-state index in [0.717, 1.165) is 28.0 Å². The summed E-state index contributed by atoms with van der Waals surface area (Å²) in [4.78, 5) is 63.6. The van der Waals surface area contributed by atoms with E-state index in [1.54, 1.807) is 60.7 Å². The summed E-state index contributed by atoms with van der Waals surface area (Å²) in [5.41, 5.74) is -0.514. The zero-order valence-corrected chi connectivity index (χ0v) is 24.7. The van der Waals surface area contributed by atoms with Crippen LogP contribution in [-0.2, 0) is 9.59 Å². The smallest absolute Gasteiger partial charge is 0.343 e. The number of rotatable bonds is 7. The third-order valence-corrected chi connectivity index (χ3v) is 7.35. The van der Waals surface area contributed by atoms with E-state index in [9.17, 15) is 34.6 Å². The van der Waals surface area contributed by atoms with Crippen molar-refractivity contribution in [2.24, 2.45) is 0 Å². The van der Waals surface area contributed by atoms with Crippen LogP contribution in [0.2, 0.25) is 0 Å². The van der Waals surface area contributed by atoms with Crippen molar-refractivity contribution in [2.75, 3.05) is 9.80 Å². The predicted octanol–water partition coefficient (Wildman–Crippen LogP) is 7.40. The molecule has 0 atom stereocenters. The Kier molecular flexibility index (Phi) is 8.14. The molecule has 1 heterocycles. The Labute approximate surface area is 259 Å². The first-order valence-corrected chi connectivity index (χ1v) is 13.8. The summed E-state index contributed by atoms with van der Waals surface area (Å²) in [6, 6.07) is 21.5. The number of barbiturate groups is 1. The van der Waals surface area contributed by atoms with Crippen molar-refractivity contribution in [3.8, 4) is 11.5 Å². The summed E-state index contributed by atoms with van der Waals surface area (Å²) < 4.78 is 6.29. The fraction of sp³-hybridized carbons (Fsp3) is 0. The summed E-state index contributed by atoms with van der Waals surface area (Å²) in [7, 11) is 0. The van der Waals surface area contributed by atoms with Gasteiger partial charge in [-0.3, -0.25) is 29.8 Å². The lowest BCUT2D eigenvalue weighted by Crippen LogP contribution is -2.57. The number of halogens is 2. The first-order chi connectivity index (χ1) is 20.6. The quantitative estimate of drug-likeness (QED) is 0.0833. The van der Waals surface area contributed by atoms with E-state index < -0.39 is 39.1 Å². The van der Waals surface area contributed by atoms with E-state index in [1.807, 2.05) is 0 Å². The lowest BCUT2D eigenvalue weighted by Gasteiger charge is -2.33. The number of carbonyl (C=O) groups is 3. The molecule has 0 aliphatic carbocycles. The number of imide groups is 2. The number of amides is 4. The van der Waals surface area contributed by atoms with Crippen molar-refractivity contribution in [1.82, 2.24) is 0 Å². The number of nitro groups is 2. The molecular weight excluding hydrogens is 692 g/mol. The highest BCUT2D eigenvalue weighted by Gasteiger charge is 2.43. The van der Waals surface area contributed by atoms with Crippen LogP contribution in [0.3, 0.4) is 0 Å². The van der Waals surface area contributed by atoms with Crippen LogP contribution >= 0.6 is 31.9 Å². The molecule has 43 heavy (non-hydrogen) atoms. The lowest BCUT2D eigenvalue weighted by atomic mass is 10.0. The maximum atomic E-state index is 13.6. The van der Waals surface area contributed by atoms with E-state index >= 15 is 0 Å². The van der Waals surface area contributed by atoms with E-state index in [4.69, 9.17) is 4.74 Å². The number of benzene rings is 4. The zero-order valence-electron chi connectivity index (χ0n) is 21.5. The van der Waals surface area contributed by atoms with Gasteiger partial charge in [-0.25, -0.2) is 14.6 Å². The number of hydrogen-bond acceptors (Lipinski definition) is 8. The molecule has 1 aliphatic heterocycles. The van der Waals surface area contributed by atoms with Crippen molar-refractivity contribution in [2.45, 2.75) is 0 Å². The Morgan fingerprint density at radius 3 is 1.67 bits per heavy atom. The van der Waals surface area contributed by atoms with Crippen LogP contribution in [0.25, 0.3) is 6.08 Å². The minimum atomic E-state index is -0.833. The molecule has 0 spiro atoms. The summed E-state index contributed by atoms with van der Waals surface area (Å²) in [5.74, 6) is -1.83. The number of non-ortho nitro benzene ring substituents is 1. The Hall–Kier alpha value is -5.21. The summed E-state index contributed by atoms with van der Waals surface area (Å²) in [6.07, 6.45) is 1.32. The van der Waals surface area contributed by atoms with Crippen LogP contribution in [0.4, 0.5) is 27.5 Å². The third kappa shape index (κ3) is 5.78. The number of ether oxygens (including phenoxy) is 1. The predicted molar refractivity (Wildman–Crippen MR) is 163 cm³/mol. The molecule has 4 amide bonds. The van der Waals surface area contributed by atoms with E-state index in [1.165, 1.54) is 18.2 Å². The molecule has 0 bridgehead atoms. The van der Waals surface area contributed by atoms with Crippen molar-refractivity contribution in [3.63, 3.8) is 0 Å². The molecule has 4 aromatic carbocycles. The fourth-order valence-corrected chi connectivity index (χ4v) is 5.61. The van der Waals surface area contributed by atoms with Gasteiger partial charge in [-0.05, 0) is 86.0 Å². The number of carbonyl (C=O) groups excluding carboxylic acids is 3. The second kappa shape index (κ2) is 12.0. The third-order valence-electron chi connectivity index (χ3n) is 6.17. The van der Waals surface area contributed by atoms with Gasteiger partial charge >= 0.3 is 11.7 Å². The summed E-state index contributed by atoms with van der Waals surface area (Å²) in [6.45, 7) is 0. The molecule has 214 valence electrons. The van der Waals surface area contributed by atoms with Crippen LogP contribution in [0.15, 0.2) is 106 Å². The van der Waals surface area contributed by atoms with Gasteiger partial charge in [0.15, 0.2) is 5.75 Å². The van der Waals surface area contributed by atoms with Crippen LogP contribution in [0, 0.1) is 20.2 Å². The van der Waals surface area contributed by atoms with Crippen LogP contribution in [-0.4, -0.2) is 27.7 Å². The van der Waals surface area contributed by atoms with Crippen molar-refractivity contribution in [3.05, 3.63) is 131 Å².